The first kappa shape index (κ1) is 19.6. The van der Waals surface area contributed by atoms with Crippen molar-refractivity contribution in [1.29, 1.82) is 0 Å². The molecule has 9 heteroatoms. The van der Waals surface area contributed by atoms with Crippen LogP contribution in [0.1, 0.15) is 25.4 Å². The second kappa shape index (κ2) is 8.07. The van der Waals surface area contributed by atoms with E-state index in [1.807, 2.05) is 43.5 Å². The number of benzene rings is 1. The van der Waals surface area contributed by atoms with Crippen molar-refractivity contribution in [2.24, 2.45) is 0 Å². The van der Waals surface area contributed by atoms with Crippen molar-refractivity contribution in [2.45, 2.75) is 33.4 Å². The van der Waals surface area contributed by atoms with Crippen LogP contribution in [0, 0.1) is 6.92 Å². The second-order valence-electron chi connectivity index (χ2n) is 8.17. The zero-order chi connectivity index (χ0) is 21.4. The first-order valence-electron chi connectivity index (χ1n) is 10.6. The second-order valence-corrected chi connectivity index (χ2v) is 8.17. The van der Waals surface area contributed by atoms with E-state index in [9.17, 15) is 0 Å². The fraction of sp³-hybridized carbons (Fsp3) is 0.409. The number of anilines is 1. The standard InChI is InChI=1S/C22H26N8O/c1-15(2)31-22-18-12-17(5-6-19(18)23-14-24-22)29-10-8-28(9-11-29)13-21-26-25-20-7-4-16(3)27-30(20)21/h4-7,12,14-15H,8-11,13H2,1-3H3. The van der Waals surface area contributed by atoms with Crippen molar-refractivity contribution < 1.29 is 4.74 Å². The Hall–Kier alpha value is -3.33. The van der Waals surface area contributed by atoms with Crippen LogP contribution < -0.4 is 9.64 Å². The van der Waals surface area contributed by atoms with E-state index in [-0.39, 0.29) is 6.10 Å². The smallest absolute Gasteiger partial charge is 0.224 e. The molecule has 1 aliphatic rings. The van der Waals surface area contributed by atoms with E-state index < -0.39 is 0 Å². The van der Waals surface area contributed by atoms with Gasteiger partial charge in [-0.3, -0.25) is 4.90 Å². The van der Waals surface area contributed by atoms with Crippen LogP contribution >= 0.6 is 0 Å². The van der Waals surface area contributed by atoms with Crippen molar-refractivity contribution in [1.82, 2.24) is 34.7 Å². The van der Waals surface area contributed by atoms with Gasteiger partial charge in [-0.1, -0.05) is 0 Å². The van der Waals surface area contributed by atoms with Crippen LogP contribution in [0.15, 0.2) is 36.7 Å². The van der Waals surface area contributed by atoms with Crippen molar-refractivity contribution in [3.63, 3.8) is 0 Å². The van der Waals surface area contributed by atoms with Crippen molar-refractivity contribution in [3.8, 4) is 5.88 Å². The first-order chi connectivity index (χ1) is 15.1. The summed E-state index contributed by atoms with van der Waals surface area (Å²) in [5.41, 5.74) is 3.81. The highest BCUT2D eigenvalue weighted by molar-refractivity contribution is 5.86. The zero-order valence-electron chi connectivity index (χ0n) is 18.1. The predicted octanol–water partition coefficient (Wildman–Crippen LogP) is 2.49. The molecule has 0 spiro atoms. The van der Waals surface area contributed by atoms with Crippen molar-refractivity contribution in [2.75, 3.05) is 31.1 Å². The number of nitrogens with zero attached hydrogens (tertiary/aromatic N) is 8. The van der Waals surface area contributed by atoms with Crippen LogP contribution in [0.4, 0.5) is 5.69 Å². The number of hydrogen-bond acceptors (Lipinski definition) is 8. The van der Waals surface area contributed by atoms with Gasteiger partial charge in [-0.25, -0.2) is 9.97 Å². The predicted molar refractivity (Wildman–Crippen MR) is 118 cm³/mol. The number of ether oxygens (including phenoxy) is 1. The lowest BCUT2D eigenvalue weighted by atomic mass is 10.2. The Balaban J connectivity index is 1.30. The van der Waals surface area contributed by atoms with Crippen LogP contribution in [-0.4, -0.2) is 67.0 Å². The maximum absolute atomic E-state index is 5.89. The van der Waals surface area contributed by atoms with Gasteiger partial charge in [0.05, 0.1) is 29.2 Å². The molecule has 0 aliphatic carbocycles. The molecule has 1 saturated heterocycles. The molecule has 4 heterocycles. The molecule has 0 N–H and O–H groups in total. The lowest BCUT2D eigenvalue weighted by Gasteiger charge is -2.35. The fourth-order valence-electron chi connectivity index (χ4n) is 3.92. The fourth-order valence-corrected chi connectivity index (χ4v) is 3.92. The SMILES string of the molecule is Cc1ccc2nnc(CN3CCN(c4ccc5ncnc(OC(C)C)c5c4)CC3)n2n1. The van der Waals surface area contributed by atoms with Gasteiger partial charge < -0.3 is 9.64 Å². The molecule has 0 atom stereocenters. The minimum Gasteiger partial charge on any atom is -0.474 e. The Morgan fingerprint density at radius 2 is 1.84 bits per heavy atom. The quantitative estimate of drug-likeness (QED) is 0.489. The summed E-state index contributed by atoms with van der Waals surface area (Å²) in [4.78, 5) is 13.5. The first-order valence-corrected chi connectivity index (χ1v) is 10.6. The van der Waals surface area contributed by atoms with Gasteiger partial charge in [-0.2, -0.15) is 9.61 Å². The van der Waals surface area contributed by atoms with Crippen LogP contribution in [0.2, 0.25) is 0 Å². The third-order valence-electron chi connectivity index (χ3n) is 5.49. The Morgan fingerprint density at radius 3 is 2.65 bits per heavy atom. The highest BCUT2D eigenvalue weighted by atomic mass is 16.5. The number of fused-ring (bicyclic) bond motifs is 2. The molecular formula is C22H26N8O. The summed E-state index contributed by atoms with van der Waals surface area (Å²) in [7, 11) is 0. The third kappa shape index (κ3) is 4.00. The lowest BCUT2D eigenvalue weighted by Crippen LogP contribution is -2.46. The summed E-state index contributed by atoms with van der Waals surface area (Å²) in [5, 5.41) is 14.1. The van der Waals surface area contributed by atoms with E-state index in [1.165, 1.54) is 5.69 Å². The van der Waals surface area contributed by atoms with E-state index in [2.05, 4.69) is 47.2 Å². The van der Waals surface area contributed by atoms with Gasteiger partial charge in [0.2, 0.25) is 5.88 Å². The molecule has 160 valence electrons. The minimum absolute atomic E-state index is 0.0665. The van der Waals surface area contributed by atoms with E-state index >= 15 is 0 Å². The highest BCUT2D eigenvalue weighted by Gasteiger charge is 2.20. The van der Waals surface area contributed by atoms with E-state index in [0.717, 1.165) is 60.8 Å². The maximum Gasteiger partial charge on any atom is 0.224 e. The Labute approximate surface area is 180 Å². The van der Waals surface area contributed by atoms with Crippen molar-refractivity contribution in [3.05, 3.63) is 48.2 Å². The number of piperazine rings is 1. The van der Waals surface area contributed by atoms with Gasteiger partial charge in [-0.15, -0.1) is 10.2 Å². The topological polar surface area (TPSA) is 84.6 Å². The van der Waals surface area contributed by atoms with Crippen molar-refractivity contribution >= 4 is 22.2 Å². The molecule has 31 heavy (non-hydrogen) atoms. The molecule has 3 aromatic heterocycles. The third-order valence-corrected chi connectivity index (χ3v) is 5.49. The van der Waals surface area contributed by atoms with E-state index in [0.29, 0.717) is 5.88 Å². The zero-order valence-corrected chi connectivity index (χ0v) is 18.1. The lowest BCUT2D eigenvalue weighted by molar-refractivity contribution is 0.235. The summed E-state index contributed by atoms with van der Waals surface area (Å²) in [6, 6.07) is 10.2. The van der Waals surface area contributed by atoms with Crippen LogP contribution in [-0.2, 0) is 6.54 Å². The van der Waals surface area contributed by atoms with Gasteiger partial charge in [-0.05, 0) is 51.1 Å². The highest BCUT2D eigenvalue weighted by Crippen LogP contribution is 2.28. The van der Waals surface area contributed by atoms with Gasteiger partial charge in [0.15, 0.2) is 11.5 Å². The molecular weight excluding hydrogens is 392 g/mol. The normalized spacial score (nSPS) is 15.3. The van der Waals surface area contributed by atoms with Gasteiger partial charge in [0.25, 0.3) is 0 Å². The average Bonchev–Trinajstić information content (AvgIpc) is 3.16. The summed E-state index contributed by atoms with van der Waals surface area (Å²) >= 11 is 0. The average molecular weight is 419 g/mol. The summed E-state index contributed by atoms with van der Waals surface area (Å²) in [6.45, 7) is 10.5. The minimum atomic E-state index is 0.0665. The monoisotopic (exact) mass is 418 g/mol. The van der Waals surface area contributed by atoms with Gasteiger partial charge in [0.1, 0.15) is 6.33 Å². The molecule has 0 radical (unpaired) electrons. The summed E-state index contributed by atoms with van der Waals surface area (Å²) < 4.78 is 7.74. The van der Waals surface area contributed by atoms with Crippen LogP contribution in [0.25, 0.3) is 16.6 Å². The molecule has 9 nitrogen and oxygen atoms in total. The largest absolute Gasteiger partial charge is 0.474 e. The Bertz CT molecular complexity index is 1210. The molecule has 1 fully saturated rings. The molecule has 0 unspecified atom stereocenters. The molecule has 1 aliphatic heterocycles. The number of aromatic nitrogens is 6. The van der Waals surface area contributed by atoms with Crippen LogP contribution in [0.3, 0.4) is 0 Å². The maximum atomic E-state index is 5.89. The summed E-state index contributed by atoms with van der Waals surface area (Å²) in [5.74, 6) is 1.52. The molecule has 0 bridgehead atoms. The van der Waals surface area contributed by atoms with E-state index in [1.54, 1.807) is 6.33 Å². The molecule has 4 aromatic rings. The molecule has 0 amide bonds. The van der Waals surface area contributed by atoms with Crippen LogP contribution in [0.5, 0.6) is 5.88 Å². The number of hydrogen-bond donors (Lipinski definition) is 0. The molecule has 1 aromatic carbocycles. The van der Waals surface area contributed by atoms with Gasteiger partial charge in [0, 0.05) is 31.9 Å². The summed E-state index contributed by atoms with van der Waals surface area (Å²) in [6.07, 6.45) is 1.63. The van der Waals surface area contributed by atoms with E-state index in [4.69, 9.17) is 4.74 Å². The van der Waals surface area contributed by atoms with Gasteiger partial charge >= 0.3 is 0 Å². The molecule has 5 rings (SSSR count). The number of rotatable bonds is 5. The Morgan fingerprint density at radius 1 is 1.00 bits per heavy atom. The Kier molecular flexibility index (Phi) is 5.11. The molecule has 0 saturated carbocycles. The number of aryl methyl sites for hydroxylation is 1.